The average molecular weight is 310 g/mol. The molecule has 2 aliphatic carbocycles. The van der Waals surface area contributed by atoms with E-state index in [4.69, 9.17) is 4.55 Å². The van der Waals surface area contributed by atoms with E-state index in [0.717, 1.165) is 12.5 Å². The fourth-order valence-corrected chi connectivity index (χ4v) is 5.22. The molecule has 0 spiro atoms. The number of fused-ring (bicyclic) bond motifs is 1. The molecule has 2 rings (SSSR count). The third kappa shape index (κ3) is 3.18. The van der Waals surface area contributed by atoms with Gasteiger partial charge in [0.15, 0.2) is 0 Å². The summed E-state index contributed by atoms with van der Waals surface area (Å²) < 4.78 is 63.7. The summed E-state index contributed by atoms with van der Waals surface area (Å²) >= 11 is 0. The summed E-state index contributed by atoms with van der Waals surface area (Å²) in [6, 6.07) is 0. The molecule has 4 atom stereocenters. The first-order chi connectivity index (χ1) is 8.59. The highest BCUT2D eigenvalue weighted by Gasteiger charge is 2.44. The second kappa shape index (κ2) is 4.83. The standard InChI is InChI=1S/C11H18O6S2/c1-7-2-3-8-5-9(18(12,13)14)6-11(10(8)4-7)19(15,16)17/h6-8,10-11H,2-5H2,1H3,(H,12,13,14)(H,15,16,17). The molecular weight excluding hydrogens is 292 g/mol. The fraction of sp³-hybridized carbons (Fsp3) is 0.818. The Hall–Kier alpha value is -0.440. The van der Waals surface area contributed by atoms with Crippen molar-refractivity contribution in [2.24, 2.45) is 17.8 Å². The van der Waals surface area contributed by atoms with E-state index < -0.39 is 25.5 Å². The Balaban J connectivity index is 2.45. The largest absolute Gasteiger partial charge is 0.290 e. The molecule has 2 N–H and O–H groups in total. The molecule has 2 aliphatic rings. The van der Waals surface area contributed by atoms with Gasteiger partial charge in [0.1, 0.15) is 5.25 Å². The Labute approximate surface area is 113 Å². The first kappa shape index (κ1) is 15.0. The highest BCUT2D eigenvalue weighted by atomic mass is 32.2. The molecule has 110 valence electrons. The highest BCUT2D eigenvalue weighted by molar-refractivity contribution is 7.90. The van der Waals surface area contributed by atoms with Crippen molar-refractivity contribution in [1.29, 1.82) is 0 Å². The van der Waals surface area contributed by atoms with Crippen molar-refractivity contribution in [3.8, 4) is 0 Å². The lowest BCUT2D eigenvalue weighted by atomic mass is 9.69. The van der Waals surface area contributed by atoms with E-state index in [0.29, 0.717) is 18.8 Å². The van der Waals surface area contributed by atoms with Crippen LogP contribution in [-0.4, -0.2) is 31.2 Å². The van der Waals surface area contributed by atoms with Crippen LogP contribution in [0.25, 0.3) is 0 Å². The second-order valence-corrected chi connectivity index (χ2v) is 8.68. The topological polar surface area (TPSA) is 109 Å². The maximum absolute atomic E-state index is 11.5. The molecule has 19 heavy (non-hydrogen) atoms. The van der Waals surface area contributed by atoms with E-state index in [-0.39, 0.29) is 23.2 Å². The lowest BCUT2D eigenvalue weighted by Gasteiger charge is -2.40. The highest BCUT2D eigenvalue weighted by Crippen LogP contribution is 2.45. The third-order valence-corrected chi connectivity index (χ3v) is 6.36. The van der Waals surface area contributed by atoms with Crippen LogP contribution in [0.1, 0.15) is 32.6 Å². The Morgan fingerprint density at radius 3 is 2.32 bits per heavy atom. The normalized spacial score (nSPS) is 36.5. The molecule has 0 radical (unpaired) electrons. The molecule has 8 heteroatoms. The van der Waals surface area contributed by atoms with Crippen molar-refractivity contribution in [1.82, 2.24) is 0 Å². The Morgan fingerprint density at radius 2 is 1.79 bits per heavy atom. The van der Waals surface area contributed by atoms with Crippen LogP contribution in [0.15, 0.2) is 11.0 Å². The van der Waals surface area contributed by atoms with Crippen molar-refractivity contribution in [3.63, 3.8) is 0 Å². The second-order valence-electron chi connectivity index (χ2n) is 5.63. The van der Waals surface area contributed by atoms with Crippen molar-refractivity contribution in [2.45, 2.75) is 37.9 Å². The first-order valence-electron chi connectivity index (χ1n) is 6.23. The average Bonchev–Trinajstić information content (AvgIpc) is 2.24. The molecule has 0 aromatic heterocycles. The maximum atomic E-state index is 11.5. The van der Waals surface area contributed by atoms with E-state index in [1.54, 1.807) is 0 Å². The minimum absolute atomic E-state index is 0.120. The van der Waals surface area contributed by atoms with Crippen LogP contribution in [0.2, 0.25) is 0 Å². The molecule has 0 bridgehead atoms. The molecule has 1 saturated carbocycles. The molecule has 6 nitrogen and oxygen atoms in total. The van der Waals surface area contributed by atoms with Gasteiger partial charge in [0, 0.05) is 0 Å². The summed E-state index contributed by atoms with van der Waals surface area (Å²) in [5, 5.41) is -1.23. The van der Waals surface area contributed by atoms with Gasteiger partial charge in [0.25, 0.3) is 20.2 Å². The molecule has 1 fully saturated rings. The molecule has 0 saturated heterocycles. The van der Waals surface area contributed by atoms with Crippen molar-refractivity contribution in [2.75, 3.05) is 0 Å². The zero-order valence-electron chi connectivity index (χ0n) is 10.6. The fourth-order valence-electron chi connectivity index (χ4n) is 3.27. The van der Waals surface area contributed by atoms with E-state index in [1.807, 2.05) is 6.92 Å². The van der Waals surface area contributed by atoms with Gasteiger partial charge in [-0.3, -0.25) is 9.11 Å². The summed E-state index contributed by atoms with van der Waals surface area (Å²) in [6.07, 6.45) is 3.42. The van der Waals surface area contributed by atoms with Crippen molar-refractivity contribution in [3.05, 3.63) is 11.0 Å². The van der Waals surface area contributed by atoms with Crippen LogP contribution in [0.5, 0.6) is 0 Å². The van der Waals surface area contributed by atoms with Gasteiger partial charge in [-0.15, -0.1) is 0 Å². The van der Waals surface area contributed by atoms with Crippen molar-refractivity contribution < 1.29 is 25.9 Å². The van der Waals surface area contributed by atoms with Gasteiger partial charge in [-0.05, 0) is 43.1 Å². The molecule has 0 aliphatic heterocycles. The van der Waals surface area contributed by atoms with Crippen LogP contribution in [-0.2, 0) is 20.2 Å². The number of hydrogen-bond acceptors (Lipinski definition) is 4. The van der Waals surface area contributed by atoms with E-state index >= 15 is 0 Å². The summed E-state index contributed by atoms with van der Waals surface area (Å²) in [4.78, 5) is -0.286. The lowest BCUT2D eigenvalue weighted by molar-refractivity contribution is 0.181. The Kier molecular flexibility index (Phi) is 3.81. The summed E-state index contributed by atoms with van der Waals surface area (Å²) in [5.41, 5.74) is 0. The van der Waals surface area contributed by atoms with Crippen LogP contribution in [0.3, 0.4) is 0 Å². The van der Waals surface area contributed by atoms with Gasteiger partial charge in [-0.1, -0.05) is 13.3 Å². The van der Waals surface area contributed by atoms with Crippen molar-refractivity contribution >= 4 is 20.2 Å². The number of allylic oxidation sites excluding steroid dienone is 1. The number of hydrogen-bond donors (Lipinski definition) is 2. The SMILES string of the molecule is CC1CCC2CC(S(=O)(=O)O)=CC(S(=O)(=O)O)C2C1. The van der Waals surface area contributed by atoms with Gasteiger partial charge in [-0.25, -0.2) is 0 Å². The van der Waals surface area contributed by atoms with Gasteiger partial charge >= 0.3 is 0 Å². The molecule has 4 unspecified atom stereocenters. The molecule has 0 aromatic rings. The first-order valence-corrected chi connectivity index (χ1v) is 9.18. The van der Waals surface area contributed by atoms with E-state index in [9.17, 15) is 21.4 Å². The van der Waals surface area contributed by atoms with Crippen LogP contribution >= 0.6 is 0 Å². The predicted octanol–water partition coefficient (Wildman–Crippen LogP) is 1.47. The van der Waals surface area contributed by atoms with E-state index in [2.05, 4.69) is 0 Å². The zero-order chi connectivity index (χ0) is 14.4. The summed E-state index contributed by atoms with van der Waals surface area (Å²) in [6.45, 7) is 2.01. The minimum atomic E-state index is -4.40. The maximum Gasteiger partial charge on any atom is 0.290 e. The van der Waals surface area contributed by atoms with Crippen LogP contribution < -0.4 is 0 Å². The molecule has 0 aromatic carbocycles. The quantitative estimate of drug-likeness (QED) is 0.748. The van der Waals surface area contributed by atoms with Gasteiger partial charge in [-0.2, -0.15) is 16.8 Å². The lowest BCUT2D eigenvalue weighted by Crippen LogP contribution is -2.40. The Bertz CT molecular complexity index is 589. The van der Waals surface area contributed by atoms with Crippen LogP contribution in [0.4, 0.5) is 0 Å². The van der Waals surface area contributed by atoms with E-state index in [1.165, 1.54) is 0 Å². The smallest absolute Gasteiger partial charge is 0.285 e. The van der Waals surface area contributed by atoms with Gasteiger partial charge in [0.2, 0.25) is 0 Å². The molecule has 0 heterocycles. The monoisotopic (exact) mass is 310 g/mol. The van der Waals surface area contributed by atoms with Gasteiger partial charge in [0.05, 0.1) is 4.91 Å². The molecule has 0 amide bonds. The summed E-state index contributed by atoms with van der Waals surface area (Å²) in [7, 11) is -8.76. The minimum Gasteiger partial charge on any atom is -0.285 e. The zero-order valence-corrected chi connectivity index (χ0v) is 12.2. The third-order valence-electron chi connectivity index (χ3n) is 4.22. The molecular formula is C11H18O6S2. The van der Waals surface area contributed by atoms with Crippen LogP contribution in [0, 0.1) is 17.8 Å². The van der Waals surface area contributed by atoms with Gasteiger partial charge < -0.3 is 0 Å². The summed E-state index contributed by atoms with van der Waals surface area (Å²) in [5.74, 6) is -0.0412. The Morgan fingerprint density at radius 1 is 1.16 bits per heavy atom. The predicted molar refractivity (Wildman–Crippen MR) is 69.6 cm³/mol. The number of rotatable bonds is 2.